The van der Waals surface area contributed by atoms with Gasteiger partial charge in [-0.25, -0.2) is 9.78 Å². The first-order valence-corrected chi connectivity index (χ1v) is 10.4. The molecule has 1 fully saturated rings. The molecule has 6 nitrogen and oxygen atoms in total. The summed E-state index contributed by atoms with van der Waals surface area (Å²) in [6.07, 6.45) is 2.72. The molecule has 3 aromatic rings. The Bertz CT molecular complexity index is 1040. The molecule has 2 amide bonds. The van der Waals surface area contributed by atoms with E-state index >= 15 is 0 Å². The van der Waals surface area contributed by atoms with Gasteiger partial charge in [-0.3, -0.25) is 4.79 Å². The van der Waals surface area contributed by atoms with E-state index in [-0.39, 0.29) is 11.2 Å². The minimum absolute atomic E-state index is 0.194. The maximum Gasteiger partial charge on any atom is 0.407 e. The number of hydrogen-bond donors (Lipinski definition) is 2. The number of amides is 2. The first-order valence-electron chi connectivity index (χ1n) is 9.50. The highest BCUT2D eigenvalue weighted by atomic mass is 32.2. The van der Waals surface area contributed by atoms with Crippen LogP contribution in [0.5, 0.6) is 0 Å². The summed E-state index contributed by atoms with van der Waals surface area (Å²) in [5.41, 5.74) is 0.582. The van der Waals surface area contributed by atoms with Gasteiger partial charge >= 0.3 is 6.09 Å². The van der Waals surface area contributed by atoms with Crippen molar-refractivity contribution >= 4 is 40.4 Å². The number of carboxylic acid groups (broad SMARTS) is 1. The summed E-state index contributed by atoms with van der Waals surface area (Å²) in [5, 5.41) is 14.2. The lowest BCUT2D eigenvalue weighted by Gasteiger charge is -2.30. The first-order chi connectivity index (χ1) is 14.1. The number of aromatic nitrogens is 1. The van der Waals surface area contributed by atoms with Crippen molar-refractivity contribution in [1.29, 1.82) is 0 Å². The van der Waals surface area contributed by atoms with E-state index in [1.165, 1.54) is 4.90 Å². The van der Waals surface area contributed by atoms with Crippen molar-refractivity contribution in [1.82, 2.24) is 9.88 Å². The Morgan fingerprint density at radius 2 is 1.97 bits per heavy atom. The highest BCUT2D eigenvalue weighted by Crippen LogP contribution is 2.33. The monoisotopic (exact) mass is 407 g/mol. The van der Waals surface area contributed by atoms with Gasteiger partial charge in [0, 0.05) is 40.4 Å². The molecular formula is C22H21N3O3S. The summed E-state index contributed by atoms with van der Waals surface area (Å²) in [5.74, 6) is 0.336. The quantitative estimate of drug-likeness (QED) is 0.654. The lowest BCUT2D eigenvalue weighted by Crippen LogP contribution is -2.40. The predicted molar refractivity (Wildman–Crippen MR) is 115 cm³/mol. The molecule has 1 atom stereocenters. The maximum absolute atomic E-state index is 12.5. The van der Waals surface area contributed by atoms with E-state index in [1.54, 1.807) is 30.1 Å². The fourth-order valence-corrected chi connectivity index (χ4v) is 4.76. The molecule has 0 aliphatic carbocycles. The Kier molecular flexibility index (Phi) is 5.67. The number of pyridine rings is 1. The van der Waals surface area contributed by atoms with Crippen LogP contribution in [0, 0.1) is 0 Å². The molecule has 1 aliphatic heterocycles. The number of hydrogen-bond acceptors (Lipinski definition) is 4. The second kappa shape index (κ2) is 8.53. The van der Waals surface area contributed by atoms with E-state index in [0.29, 0.717) is 24.5 Å². The van der Waals surface area contributed by atoms with E-state index in [1.807, 2.05) is 36.4 Å². The fourth-order valence-electron chi connectivity index (χ4n) is 3.50. The number of carbonyl (C=O) groups is 2. The summed E-state index contributed by atoms with van der Waals surface area (Å²) in [6.45, 7) is 1.16. The highest BCUT2D eigenvalue weighted by Gasteiger charge is 2.24. The normalized spacial score (nSPS) is 16.6. The van der Waals surface area contributed by atoms with Crippen molar-refractivity contribution in [2.24, 2.45) is 0 Å². The van der Waals surface area contributed by atoms with Gasteiger partial charge in [0.1, 0.15) is 5.82 Å². The van der Waals surface area contributed by atoms with E-state index in [9.17, 15) is 14.7 Å². The first kappa shape index (κ1) is 19.3. The average molecular weight is 407 g/mol. The van der Waals surface area contributed by atoms with Gasteiger partial charge < -0.3 is 15.3 Å². The summed E-state index contributed by atoms with van der Waals surface area (Å²) >= 11 is 1.70. The zero-order valence-electron chi connectivity index (χ0n) is 15.7. The molecule has 1 aliphatic rings. The van der Waals surface area contributed by atoms with Crippen LogP contribution in [-0.2, 0) is 0 Å². The SMILES string of the molecule is O=C(Nc1nccc2cc(SC3CCCN(C(=O)O)C3)ccc12)c1ccccc1. The number of piperidine rings is 1. The largest absolute Gasteiger partial charge is 0.465 e. The minimum Gasteiger partial charge on any atom is -0.465 e. The molecule has 4 rings (SSSR count). The van der Waals surface area contributed by atoms with Gasteiger partial charge in [-0.15, -0.1) is 11.8 Å². The standard InChI is InChI=1S/C22H21N3O3S/c26-21(15-5-2-1-3-6-15)24-20-19-9-8-17(13-16(19)10-11-23-20)29-18-7-4-12-25(14-18)22(27)28/h1-3,5-6,8-11,13,18H,4,7,12,14H2,(H,27,28)(H,23,24,26). The Morgan fingerprint density at radius 3 is 2.76 bits per heavy atom. The van der Waals surface area contributed by atoms with E-state index < -0.39 is 6.09 Å². The summed E-state index contributed by atoms with van der Waals surface area (Å²) < 4.78 is 0. The van der Waals surface area contributed by atoms with Gasteiger partial charge in [-0.05, 0) is 54.6 Å². The van der Waals surface area contributed by atoms with Crippen LogP contribution in [-0.4, -0.2) is 45.3 Å². The zero-order chi connectivity index (χ0) is 20.2. The van der Waals surface area contributed by atoms with Crippen molar-refractivity contribution in [3.63, 3.8) is 0 Å². The van der Waals surface area contributed by atoms with Crippen LogP contribution in [0.4, 0.5) is 10.6 Å². The molecule has 0 radical (unpaired) electrons. The number of likely N-dealkylation sites (tertiary alicyclic amines) is 1. The van der Waals surface area contributed by atoms with Crippen molar-refractivity contribution < 1.29 is 14.7 Å². The van der Waals surface area contributed by atoms with Gasteiger partial charge in [0.05, 0.1) is 0 Å². The number of nitrogens with zero attached hydrogens (tertiary/aromatic N) is 2. The number of anilines is 1. The Labute approximate surface area is 172 Å². The maximum atomic E-state index is 12.5. The van der Waals surface area contributed by atoms with Crippen LogP contribution in [0.2, 0.25) is 0 Å². The van der Waals surface area contributed by atoms with Gasteiger partial charge in [-0.1, -0.05) is 18.2 Å². The van der Waals surface area contributed by atoms with Crippen LogP contribution < -0.4 is 5.32 Å². The summed E-state index contributed by atoms with van der Waals surface area (Å²) in [4.78, 5) is 30.6. The van der Waals surface area contributed by atoms with Crippen molar-refractivity contribution in [3.05, 3.63) is 66.4 Å². The van der Waals surface area contributed by atoms with Crippen LogP contribution in [0.3, 0.4) is 0 Å². The summed E-state index contributed by atoms with van der Waals surface area (Å²) in [7, 11) is 0. The van der Waals surface area contributed by atoms with Gasteiger partial charge in [-0.2, -0.15) is 0 Å². The minimum atomic E-state index is -0.848. The smallest absolute Gasteiger partial charge is 0.407 e. The van der Waals surface area contributed by atoms with Gasteiger partial charge in [0.2, 0.25) is 0 Å². The topological polar surface area (TPSA) is 82.5 Å². The second-order valence-electron chi connectivity index (χ2n) is 6.97. The molecule has 0 bridgehead atoms. The zero-order valence-corrected chi connectivity index (χ0v) is 16.6. The molecule has 2 N–H and O–H groups in total. The molecule has 0 spiro atoms. The molecule has 148 valence electrons. The van der Waals surface area contributed by atoms with Gasteiger partial charge in [0.15, 0.2) is 0 Å². The molecule has 29 heavy (non-hydrogen) atoms. The van der Waals surface area contributed by atoms with Crippen molar-refractivity contribution in [3.8, 4) is 0 Å². The van der Waals surface area contributed by atoms with E-state index in [2.05, 4.69) is 16.4 Å². The van der Waals surface area contributed by atoms with E-state index in [4.69, 9.17) is 0 Å². The number of thioether (sulfide) groups is 1. The van der Waals surface area contributed by atoms with Crippen LogP contribution in [0.15, 0.2) is 65.7 Å². The predicted octanol–water partition coefficient (Wildman–Crippen LogP) is 4.72. The second-order valence-corrected chi connectivity index (χ2v) is 8.35. The molecule has 1 saturated heterocycles. The number of benzene rings is 2. The number of carbonyl (C=O) groups excluding carboxylic acids is 1. The third-order valence-corrected chi connectivity index (χ3v) is 6.20. The number of rotatable bonds is 4. The molecule has 0 saturated carbocycles. The number of nitrogens with one attached hydrogen (secondary N) is 1. The Morgan fingerprint density at radius 1 is 1.14 bits per heavy atom. The van der Waals surface area contributed by atoms with Crippen molar-refractivity contribution in [2.45, 2.75) is 23.0 Å². The van der Waals surface area contributed by atoms with Gasteiger partial charge in [0.25, 0.3) is 5.91 Å². The molecular weight excluding hydrogens is 386 g/mol. The molecule has 2 heterocycles. The Balaban J connectivity index is 1.52. The highest BCUT2D eigenvalue weighted by molar-refractivity contribution is 8.00. The third-order valence-electron chi connectivity index (χ3n) is 4.96. The van der Waals surface area contributed by atoms with Crippen LogP contribution in [0.1, 0.15) is 23.2 Å². The van der Waals surface area contributed by atoms with Crippen LogP contribution in [0.25, 0.3) is 10.8 Å². The molecule has 2 aromatic carbocycles. The Hall–Kier alpha value is -3.06. The molecule has 1 unspecified atom stereocenters. The lowest BCUT2D eigenvalue weighted by molar-refractivity contribution is 0.102. The molecule has 7 heteroatoms. The van der Waals surface area contributed by atoms with E-state index in [0.717, 1.165) is 28.5 Å². The van der Waals surface area contributed by atoms with Crippen LogP contribution >= 0.6 is 11.8 Å². The lowest BCUT2D eigenvalue weighted by atomic mass is 10.1. The summed E-state index contributed by atoms with van der Waals surface area (Å²) in [6, 6.07) is 17.0. The van der Waals surface area contributed by atoms with Crippen molar-refractivity contribution in [2.75, 3.05) is 18.4 Å². The third kappa shape index (κ3) is 4.51. The molecule has 1 aromatic heterocycles. The average Bonchev–Trinajstić information content (AvgIpc) is 2.74. The number of fused-ring (bicyclic) bond motifs is 1. The fraction of sp³-hybridized carbons (Fsp3) is 0.227.